The number of nitrogens with zero attached hydrogens (tertiary/aromatic N) is 1. The number of benzene rings is 1. The van der Waals surface area contributed by atoms with Crippen LogP contribution in [0, 0.1) is 16.0 Å². The molecule has 0 radical (unpaired) electrons. The van der Waals surface area contributed by atoms with Crippen LogP contribution in [-0.4, -0.2) is 23.9 Å². The van der Waals surface area contributed by atoms with Crippen LogP contribution in [0.4, 0.5) is 11.4 Å². The van der Waals surface area contributed by atoms with Gasteiger partial charge in [0.2, 0.25) is 5.91 Å². The van der Waals surface area contributed by atoms with Crippen LogP contribution in [0.25, 0.3) is 0 Å². The number of nitrogens with one attached hydrogen (secondary N) is 2. The molecule has 0 bridgehead atoms. The first kappa shape index (κ1) is 15.4. The topological polar surface area (TPSA) is 84.3 Å². The Morgan fingerprint density at radius 2 is 2.16 bits per heavy atom. The lowest BCUT2D eigenvalue weighted by atomic mass is 10.3. The minimum Gasteiger partial charge on any atom is -0.325 e. The minimum atomic E-state index is -0.485. The van der Waals surface area contributed by atoms with E-state index < -0.39 is 4.92 Å². The smallest absolute Gasteiger partial charge is 0.271 e. The highest BCUT2D eigenvalue weighted by Gasteiger charge is 2.20. The average Bonchev–Trinajstić information content (AvgIpc) is 3.13. The second-order valence-electron chi connectivity index (χ2n) is 4.43. The van der Waals surface area contributed by atoms with Crippen molar-refractivity contribution in [2.45, 2.75) is 12.8 Å². The first-order valence-electron chi connectivity index (χ1n) is 5.90. The van der Waals surface area contributed by atoms with E-state index in [1.165, 1.54) is 25.0 Å². The summed E-state index contributed by atoms with van der Waals surface area (Å²) in [6, 6.07) is 5.91. The van der Waals surface area contributed by atoms with Crippen LogP contribution in [0.15, 0.2) is 24.3 Å². The van der Waals surface area contributed by atoms with Crippen LogP contribution in [0.2, 0.25) is 0 Å². The molecule has 1 fully saturated rings. The molecule has 0 unspecified atom stereocenters. The van der Waals surface area contributed by atoms with Gasteiger partial charge in [0.1, 0.15) is 0 Å². The summed E-state index contributed by atoms with van der Waals surface area (Å²) < 4.78 is 0. The maximum atomic E-state index is 11.6. The number of halogens is 1. The van der Waals surface area contributed by atoms with Crippen molar-refractivity contribution >= 4 is 29.7 Å². The molecule has 7 heteroatoms. The zero-order valence-electron chi connectivity index (χ0n) is 10.3. The molecule has 0 aliphatic heterocycles. The van der Waals surface area contributed by atoms with E-state index in [-0.39, 0.29) is 30.5 Å². The molecule has 2 N–H and O–H groups in total. The summed E-state index contributed by atoms with van der Waals surface area (Å²) in [5, 5.41) is 16.3. The van der Waals surface area contributed by atoms with Gasteiger partial charge in [-0.15, -0.1) is 12.4 Å². The van der Waals surface area contributed by atoms with Crippen molar-refractivity contribution in [1.82, 2.24) is 5.32 Å². The van der Waals surface area contributed by atoms with Crippen molar-refractivity contribution in [1.29, 1.82) is 0 Å². The zero-order chi connectivity index (χ0) is 13.0. The predicted octanol–water partition coefficient (Wildman–Crippen LogP) is 1.95. The summed E-state index contributed by atoms with van der Waals surface area (Å²) in [6.45, 7) is 1.10. The lowest BCUT2D eigenvalue weighted by molar-refractivity contribution is -0.384. The number of carbonyl (C=O) groups excluding carboxylic acids is 1. The van der Waals surface area contributed by atoms with Crippen LogP contribution < -0.4 is 10.6 Å². The van der Waals surface area contributed by atoms with Gasteiger partial charge in [-0.25, -0.2) is 0 Å². The van der Waals surface area contributed by atoms with Gasteiger partial charge in [-0.05, 0) is 31.4 Å². The Morgan fingerprint density at radius 3 is 2.79 bits per heavy atom. The van der Waals surface area contributed by atoms with E-state index in [1.807, 2.05) is 0 Å². The summed E-state index contributed by atoms with van der Waals surface area (Å²) >= 11 is 0. The lowest BCUT2D eigenvalue weighted by Crippen LogP contribution is -2.29. The molecule has 104 valence electrons. The normalized spacial score (nSPS) is 13.5. The molecule has 1 aromatic carbocycles. The Balaban J connectivity index is 0.00000180. The van der Waals surface area contributed by atoms with Crippen LogP contribution in [-0.2, 0) is 4.79 Å². The molecule has 1 aliphatic rings. The minimum absolute atomic E-state index is 0. The highest BCUT2D eigenvalue weighted by atomic mass is 35.5. The predicted molar refractivity (Wildman–Crippen MR) is 74.6 cm³/mol. The van der Waals surface area contributed by atoms with E-state index in [9.17, 15) is 14.9 Å². The molecule has 0 saturated heterocycles. The van der Waals surface area contributed by atoms with E-state index in [2.05, 4.69) is 10.6 Å². The Morgan fingerprint density at radius 1 is 1.42 bits per heavy atom. The van der Waals surface area contributed by atoms with E-state index in [1.54, 1.807) is 12.1 Å². The van der Waals surface area contributed by atoms with Crippen molar-refractivity contribution in [3.63, 3.8) is 0 Å². The molecular formula is C12H16ClN3O3. The first-order valence-corrected chi connectivity index (χ1v) is 5.90. The lowest BCUT2D eigenvalue weighted by Gasteiger charge is -2.06. The number of rotatable bonds is 6. The quantitative estimate of drug-likeness (QED) is 0.618. The molecule has 6 nitrogen and oxygen atoms in total. The summed E-state index contributed by atoms with van der Waals surface area (Å²) in [6.07, 6.45) is 2.47. The molecule has 1 aliphatic carbocycles. The fourth-order valence-corrected chi connectivity index (χ4v) is 1.61. The number of hydrogen-bond acceptors (Lipinski definition) is 4. The molecule has 0 heterocycles. The van der Waals surface area contributed by atoms with Crippen LogP contribution >= 0.6 is 12.4 Å². The Labute approximate surface area is 117 Å². The number of amides is 1. The van der Waals surface area contributed by atoms with Gasteiger partial charge in [-0.3, -0.25) is 14.9 Å². The fraction of sp³-hybridized carbons (Fsp3) is 0.417. The van der Waals surface area contributed by atoms with Gasteiger partial charge in [0.15, 0.2) is 0 Å². The Kier molecular flexibility index (Phi) is 5.72. The number of anilines is 1. The van der Waals surface area contributed by atoms with Crippen molar-refractivity contribution in [3.8, 4) is 0 Å². The molecular weight excluding hydrogens is 270 g/mol. The highest BCUT2D eigenvalue weighted by molar-refractivity contribution is 5.92. The molecule has 19 heavy (non-hydrogen) atoms. The van der Waals surface area contributed by atoms with Gasteiger partial charge in [-0.2, -0.15) is 0 Å². The summed E-state index contributed by atoms with van der Waals surface area (Å²) in [5.41, 5.74) is 0.418. The van der Waals surface area contributed by atoms with Gasteiger partial charge in [0.05, 0.1) is 11.5 Å². The molecule has 1 amide bonds. The standard InChI is InChI=1S/C12H15N3O3.ClH/c16-12(8-13-7-9-4-5-9)14-10-2-1-3-11(6-10)15(17)18;/h1-3,6,9,13H,4-5,7-8H2,(H,14,16);1H. The first-order chi connectivity index (χ1) is 8.65. The Bertz CT molecular complexity index is 463. The third-order valence-electron chi connectivity index (χ3n) is 2.76. The third kappa shape index (κ3) is 5.23. The molecule has 0 spiro atoms. The second kappa shape index (κ2) is 7.06. The van der Waals surface area contributed by atoms with Crippen molar-refractivity contribution in [3.05, 3.63) is 34.4 Å². The van der Waals surface area contributed by atoms with Crippen molar-refractivity contribution in [2.24, 2.45) is 5.92 Å². The molecule has 1 aromatic rings. The molecule has 0 aromatic heterocycles. The Hall–Kier alpha value is -1.66. The monoisotopic (exact) mass is 285 g/mol. The number of nitro groups is 1. The highest BCUT2D eigenvalue weighted by Crippen LogP contribution is 2.27. The largest absolute Gasteiger partial charge is 0.325 e. The number of hydrogen-bond donors (Lipinski definition) is 2. The molecule has 1 saturated carbocycles. The van der Waals surface area contributed by atoms with Crippen LogP contribution in [0.5, 0.6) is 0 Å². The van der Waals surface area contributed by atoms with E-state index in [0.717, 1.165) is 12.5 Å². The number of carbonyl (C=O) groups is 1. The zero-order valence-corrected chi connectivity index (χ0v) is 11.1. The summed E-state index contributed by atoms with van der Waals surface area (Å²) in [7, 11) is 0. The average molecular weight is 286 g/mol. The van der Waals surface area contributed by atoms with Crippen LogP contribution in [0.3, 0.4) is 0 Å². The van der Waals surface area contributed by atoms with Gasteiger partial charge in [0.25, 0.3) is 5.69 Å². The number of nitro benzene ring substituents is 1. The van der Waals surface area contributed by atoms with E-state index in [4.69, 9.17) is 0 Å². The van der Waals surface area contributed by atoms with Gasteiger partial charge in [0, 0.05) is 17.8 Å². The van der Waals surface area contributed by atoms with Gasteiger partial charge in [-0.1, -0.05) is 6.07 Å². The summed E-state index contributed by atoms with van der Waals surface area (Å²) in [4.78, 5) is 21.6. The summed E-state index contributed by atoms with van der Waals surface area (Å²) in [5.74, 6) is 0.534. The third-order valence-corrected chi connectivity index (χ3v) is 2.76. The number of non-ortho nitro benzene ring substituents is 1. The van der Waals surface area contributed by atoms with Crippen LogP contribution in [0.1, 0.15) is 12.8 Å². The SMILES string of the molecule is Cl.O=C(CNCC1CC1)Nc1cccc([N+](=O)[O-])c1. The van der Waals surface area contributed by atoms with E-state index in [0.29, 0.717) is 5.69 Å². The molecule has 2 rings (SSSR count). The van der Waals surface area contributed by atoms with Crippen molar-refractivity contribution < 1.29 is 9.72 Å². The maximum Gasteiger partial charge on any atom is 0.271 e. The van der Waals surface area contributed by atoms with Crippen molar-refractivity contribution in [2.75, 3.05) is 18.4 Å². The second-order valence-corrected chi connectivity index (χ2v) is 4.43. The van der Waals surface area contributed by atoms with Gasteiger partial charge < -0.3 is 10.6 Å². The van der Waals surface area contributed by atoms with Gasteiger partial charge >= 0.3 is 0 Å². The fourth-order valence-electron chi connectivity index (χ4n) is 1.61. The molecule has 0 atom stereocenters. The van der Waals surface area contributed by atoms with E-state index >= 15 is 0 Å². The maximum absolute atomic E-state index is 11.6.